The van der Waals surface area contributed by atoms with Gasteiger partial charge in [-0.3, -0.25) is 14.5 Å². The molecule has 17 heavy (non-hydrogen) atoms. The first-order chi connectivity index (χ1) is 7.88. The molecular weight excluding hydrogens is 222 g/mol. The SMILES string of the molecule is CCC1(CC)NC(=O)N(CC(=O)N(C)C)C1=O. The van der Waals surface area contributed by atoms with Crippen LogP contribution in [0.15, 0.2) is 0 Å². The average Bonchev–Trinajstić information content (AvgIpc) is 2.53. The van der Waals surface area contributed by atoms with Gasteiger partial charge in [-0.25, -0.2) is 4.79 Å². The van der Waals surface area contributed by atoms with E-state index in [-0.39, 0.29) is 18.4 Å². The molecule has 0 spiro atoms. The van der Waals surface area contributed by atoms with Crippen LogP contribution in [0.5, 0.6) is 0 Å². The van der Waals surface area contributed by atoms with Crippen molar-refractivity contribution in [3.63, 3.8) is 0 Å². The molecule has 0 unspecified atom stereocenters. The number of hydrogen-bond donors (Lipinski definition) is 1. The molecule has 1 N–H and O–H groups in total. The van der Waals surface area contributed by atoms with Gasteiger partial charge in [-0.2, -0.15) is 0 Å². The Labute approximate surface area is 101 Å². The van der Waals surface area contributed by atoms with Crippen LogP contribution in [0.1, 0.15) is 26.7 Å². The first-order valence-corrected chi connectivity index (χ1v) is 5.72. The smallest absolute Gasteiger partial charge is 0.325 e. The minimum Gasteiger partial charge on any atom is -0.347 e. The molecule has 6 nitrogen and oxygen atoms in total. The highest BCUT2D eigenvalue weighted by molar-refractivity contribution is 6.08. The van der Waals surface area contributed by atoms with Crippen LogP contribution < -0.4 is 5.32 Å². The molecule has 0 aromatic heterocycles. The number of likely N-dealkylation sites (N-methyl/N-ethyl adjacent to an activating group) is 1. The molecule has 0 atom stereocenters. The molecule has 0 aromatic rings. The molecule has 96 valence electrons. The van der Waals surface area contributed by atoms with Crippen molar-refractivity contribution in [2.45, 2.75) is 32.2 Å². The van der Waals surface area contributed by atoms with Crippen molar-refractivity contribution >= 4 is 17.8 Å². The summed E-state index contributed by atoms with van der Waals surface area (Å²) < 4.78 is 0. The van der Waals surface area contributed by atoms with E-state index in [1.807, 2.05) is 13.8 Å². The van der Waals surface area contributed by atoms with E-state index in [9.17, 15) is 14.4 Å². The van der Waals surface area contributed by atoms with E-state index in [0.29, 0.717) is 12.8 Å². The molecule has 0 saturated carbocycles. The number of amides is 4. The summed E-state index contributed by atoms with van der Waals surface area (Å²) >= 11 is 0. The number of imide groups is 1. The Balaban J connectivity index is 2.86. The van der Waals surface area contributed by atoms with E-state index in [1.165, 1.54) is 4.90 Å². The van der Waals surface area contributed by atoms with Gasteiger partial charge in [0.1, 0.15) is 12.1 Å². The molecule has 4 amide bonds. The third-order valence-electron chi connectivity index (χ3n) is 3.25. The van der Waals surface area contributed by atoms with Gasteiger partial charge >= 0.3 is 6.03 Å². The standard InChI is InChI=1S/C11H19N3O3/c1-5-11(6-2)9(16)14(10(17)12-11)7-8(15)13(3)4/h5-7H2,1-4H3,(H,12,17). The van der Waals surface area contributed by atoms with E-state index in [2.05, 4.69) is 5.32 Å². The van der Waals surface area contributed by atoms with E-state index in [0.717, 1.165) is 4.90 Å². The molecule has 0 radical (unpaired) electrons. The van der Waals surface area contributed by atoms with Gasteiger partial charge in [-0.05, 0) is 12.8 Å². The summed E-state index contributed by atoms with van der Waals surface area (Å²) in [5.74, 6) is -0.570. The van der Waals surface area contributed by atoms with Gasteiger partial charge in [-0.1, -0.05) is 13.8 Å². The fraction of sp³-hybridized carbons (Fsp3) is 0.727. The van der Waals surface area contributed by atoms with E-state index < -0.39 is 11.6 Å². The van der Waals surface area contributed by atoms with Crippen LogP contribution in [-0.4, -0.2) is 53.8 Å². The number of carbonyl (C=O) groups excluding carboxylic acids is 3. The summed E-state index contributed by atoms with van der Waals surface area (Å²) in [6.45, 7) is 3.50. The quantitative estimate of drug-likeness (QED) is 0.714. The summed E-state index contributed by atoms with van der Waals surface area (Å²) in [6.07, 6.45) is 1.06. The monoisotopic (exact) mass is 241 g/mol. The summed E-state index contributed by atoms with van der Waals surface area (Å²) in [6, 6.07) is -0.478. The van der Waals surface area contributed by atoms with Crippen LogP contribution in [0.2, 0.25) is 0 Å². The lowest BCUT2D eigenvalue weighted by atomic mass is 9.93. The minimum absolute atomic E-state index is 0.195. The lowest BCUT2D eigenvalue weighted by Gasteiger charge is -2.23. The van der Waals surface area contributed by atoms with Gasteiger partial charge in [-0.15, -0.1) is 0 Å². The van der Waals surface area contributed by atoms with Crippen molar-refractivity contribution in [2.24, 2.45) is 0 Å². The second-order valence-electron chi connectivity index (χ2n) is 4.40. The van der Waals surface area contributed by atoms with Crippen LogP contribution in [0.4, 0.5) is 4.79 Å². The highest BCUT2D eigenvalue weighted by Gasteiger charge is 2.49. The van der Waals surface area contributed by atoms with Gasteiger partial charge < -0.3 is 10.2 Å². The Bertz CT molecular complexity index is 348. The van der Waals surface area contributed by atoms with E-state index >= 15 is 0 Å². The first-order valence-electron chi connectivity index (χ1n) is 5.72. The summed E-state index contributed by atoms with van der Waals surface area (Å²) in [4.78, 5) is 37.7. The largest absolute Gasteiger partial charge is 0.347 e. The topological polar surface area (TPSA) is 69.7 Å². The fourth-order valence-corrected chi connectivity index (χ4v) is 1.83. The molecule has 1 aliphatic rings. The van der Waals surface area contributed by atoms with Crippen molar-refractivity contribution in [3.8, 4) is 0 Å². The van der Waals surface area contributed by atoms with Gasteiger partial charge in [0.2, 0.25) is 5.91 Å². The normalized spacial score (nSPS) is 18.2. The van der Waals surface area contributed by atoms with Crippen LogP contribution in [0.3, 0.4) is 0 Å². The van der Waals surface area contributed by atoms with E-state index in [1.54, 1.807) is 14.1 Å². The molecule has 1 saturated heterocycles. The van der Waals surface area contributed by atoms with Crippen LogP contribution >= 0.6 is 0 Å². The lowest BCUT2D eigenvalue weighted by molar-refractivity contribution is -0.137. The maximum atomic E-state index is 12.1. The minimum atomic E-state index is -0.830. The third kappa shape index (κ3) is 2.25. The second kappa shape index (κ2) is 4.73. The number of hydrogen-bond acceptors (Lipinski definition) is 3. The predicted molar refractivity (Wildman–Crippen MR) is 62.3 cm³/mol. The number of rotatable bonds is 4. The van der Waals surface area contributed by atoms with Gasteiger partial charge in [0.25, 0.3) is 5.91 Å². The Hall–Kier alpha value is -1.59. The van der Waals surface area contributed by atoms with Gasteiger partial charge in [0.15, 0.2) is 0 Å². The number of urea groups is 1. The van der Waals surface area contributed by atoms with Crippen molar-refractivity contribution in [2.75, 3.05) is 20.6 Å². The van der Waals surface area contributed by atoms with Crippen LogP contribution in [0, 0.1) is 0 Å². The zero-order chi connectivity index (χ0) is 13.2. The van der Waals surface area contributed by atoms with Gasteiger partial charge in [0, 0.05) is 14.1 Å². The molecule has 0 bridgehead atoms. The zero-order valence-corrected chi connectivity index (χ0v) is 10.7. The fourth-order valence-electron chi connectivity index (χ4n) is 1.83. The van der Waals surface area contributed by atoms with Crippen molar-refractivity contribution in [1.82, 2.24) is 15.1 Å². The highest BCUT2D eigenvalue weighted by Crippen LogP contribution is 2.24. The summed E-state index contributed by atoms with van der Waals surface area (Å²) in [5.41, 5.74) is -0.830. The second-order valence-corrected chi connectivity index (χ2v) is 4.40. The first kappa shape index (κ1) is 13.5. The molecule has 1 fully saturated rings. The lowest BCUT2D eigenvalue weighted by Crippen LogP contribution is -2.46. The Morgan fingerprint density at radius 3 is 2.18 bits per heavy atom. The highest BCUT2D eigenvalue weighted by atomic mass is 16.2. The molecule has 0 aliphatic carbocycles. The maximum absolute atomic E-state index is 12.1. The van der Waals surface area contributed by atoms with Crippen molar-refractivity contribution in [1.29, 1.82) is 0 Å². The molecule has 6 heteroatoms. The van der Waals surface area contributed by atoms with E-state index in [4.69, 9.17) is 0 Å². The Morgan fingerprint density at radius 2 is 1.82 bits per heavy atom. The van der Waals surface area contributed by atoms with Gasteiger partial charge in [0.05, 0.1) is 0 Å². The average molecular weight is 241 g/mol. The zero-order valence-electron chi connectivity index (χ0n) is 10.7. The number of nitrogens with one attached hydrogen (secondary N) is 1. The molecule has 1 aliphatic heterocycles. The molecule has 0 aromatic carbocycles. The Morgan fingerprint density at radius 1 is 1.29 bits per heavy atom. The number of nitrogens with zero attached hydrogens (tertiary/aromatic N) is 2. The van der Waals surface area contributed by atoms with Crippen molar-refractivity contribution in [3.05, 3.63) is 0 Å². The van der Waals surface area contributed by atoms with Crippen LogP contribution in [0.25, 0.3) is 0 Å². The molecule has 1 rings (SSSR count). The van der Waals surface area contributed by atoms with Crippen molar-refractivity contribution < 1.29 is 14.4 Å². The predicted octanol–water partition coefficient (Wildman–Crippen LogP) is 0.185. The summed E-state index contributed by atoms with van der Waals surface area (Å²) in [7, 11) is 3.18. The maximum Gasteiger partial charge on any atom is 0.325 e. The Kier molecular flexibility index (Phi) is 3.75. The van der Waals surface area contributed by atoms with Crippen LogP contribution in [-0.2, 0) is 9.59 Å². The third-order valence-corrected chi connectivity index (χ3v) is 3.25. The number of carbonyl (C=O) groups is 3. The summed E-state index contributed by atoms with van der Waals surface area (Å²) in [5, 5.41) is 2.68. The molecule has 1 heterocycles. The molecular formula is C11H19N3O3.